The first-order chi connectivity index (χ1) is 15.0. The second-order valence-corrected chi connectivity index (χ2v) is 7.04. The van der Waals surface area contributed by atoms with Gasteiger partial charge in [-0.3, -0.25) is 9.59 Å². The van der Waals surface area contributed by atoms with Crippen LogP contribution in [0.15, 0.2) is 54.7 Å². The Kier molecular flexibility index (Phi) is 5.65. The van der Waals surface area contributed by atoms with Crippen LogP contribution in [-0.2, 0) is 6.42 Å². The zero-order valence-electron chi connectivity index (χ0n) is 16.6. The summed E-state index contributed by atoms with van der Waals surface area (Å²) in [6, 6.07) is 14.5. The molecule has 1 unspecified atom stereocenters. The van der Waals surface area contributed by atoms with E-state index in [1.54, 1.807) is 18.2 Å². The number of hydrogen-bond acceptors (Lipinski definition) is 7. The molecule has 0 saturated heterocycles. The van der Waals surface area contributed by atoms with Crippen LogP contribution in [0.5, 0.6) is 11.5 Å². The van der Waals surface area contributed by atoms with Crippen LogP contribution in [0.1, 0.15) is 32.1 Å². The van der Waals surface area contributed by atoms with Crippen molar-refractivity contribution in [2.75, 3.05) is 18.9 Å². The Labute approximate surface area is 178 Å². The van der Waals surface area contributed by atoms with E-state index in [2.05, 4.69) is 15.3 Å². The summed E-state index contributed by atoms with van der Waals surface area (Å²) in [7, 11) is 0. The highest BCUT2D eigenvalue weighted by atomic mass is 16.6. The molecule has 0 bridgehead atoms. The zero-order valence-corrected chi connectivity index (χ0v) is 16.6. The van der Waals surface area contributed by atoms with E-state index < -0.39 is 5.91 Å². The van der Waals surface area contributed by atoms with Crippen molar-refractivity contribution in [1.29, 1.82) is 0 Å². The molecule has 0 fully saturated rings. The lowest BCUT2D eigenvalue weighted by Crippen LogP contribution is -2.40. The van der Waals surface area contributed by atoms with Gasteiger partial charge in [0.05, 0.1) is 18.4 Å². The number of benzene rings is 2. The lowest BCUT2D eigenvalue weighted by molar-refractivity contribution is 0.0789. The van der Waals surface area contributed by atoms with Gasteiger partial charge in [-0.05, 0) is 29.8 Å². The topological polar surface area (TPSA) is 142 Å². The van der Waals surface area contributed by atoms with Crippen LogP contribution in [-0.4, -0.2) is 41.0 Å². The SMILES string of the molecule is NC(=O)c1nc(Cc2cccc(C(=O)NCC3COc4ccccc4O3)c2)cnc1N. The Bertz CT molecular complexity index is 1130. The third-order valence-corrected chi connectivity index (χ3v) is 4.72. The van der Waals surface area contributed by atoms with Gasteiger partial charge in [0.2, 0.25) is 0 Å². The Morgan fingerprint density at radius 3 is 2.74 bits per heavy atom. The fraction of sp³-hybridized carbons (Fsp3) is 0.182. The number of nitrogens with one attached hydrogen (secondary N) is 1. The van der Waals surface area contributed by atoms with E-state index in [9.17, 15) is 9.59 Å². The van der Waals surface area contributed by atoms with Crippen molar-refractivity contribution in [2.45, 2.75) is 12.5 Å². The van der Waals surface area contributed by atoms with Crippen LogP contribution < -0.4 is 26.3 Å². The van der Waals surface area contributed by atoms with Crippen LogP contribution in [0.3, 0.4) is 0 Å². The van der Waals surface area contributed by atoms with E-state index in [4.69, 9.17) is 20.9 Å². The highest BCUT2D eigenvalue weighted by Gasteiger charge is 2.21. The number of hydrogen-bond donors (Lipinski definition) is 3. The highest BCUT2D eigenvalue weighted by molar-refractivity contribution is 5.95. The number of amides is 2. The predicted octanol–water partition coefficient (Wildman–Crippen LogP) is 1.32. The molecule has 0 saturated carbocycles. The normalized spacial score (nSPS) is 14.6. The van der Waals surface area contributed by atoms with E-state index >= 15 is 0 Å². The Morgan fingerprint density at radius 1 is 1.13 bits per heavy atom. The number of para-hydroxylation sites is 2. The number of nitrogens with zero attached hydrogens (tertiary/aromatic N) is 2. The van der Waals surface area contributed by atoms with Gasteiger partial charge in [0.15, 0.2) is 23.0 Å². The number of rotatable bonds is 6. The van der Waals surface area contributed by atoms with Gasteiger partial charge in [0.25, 0.3) is 11.8 Å². The van der Waals surface area contributed by atoms with Gasteiger partial charge in [-0.15, -0.1) is 0 Å². The van der Waals surface area contributed by atoms with Crippen molar-refractivity contribution in [3.8, 4) is 11.5 Å². The Morgan fingerprint density at radius 2 is 1.94 bits per heavy atom. The quantitative estimate of drug-likeness (QED) is 0.547. The maximum absolute atomic E-state index is 12.6. The van der Waals surface area contributed by atoms with Gasteiger partial charge in [0, 0.05) is 12.0 Å². The highest BCUT2D eigenvalue weighted by Crippen LogP contribution is 2.30. The molecule has 1 aliphatic heterocycles. The molecule has 31 heavy (non-hydrogen) atoms. The third-order valence-electron chi connectivity index (χ3n) is 4.72. The number of nitrogen functional groups attached to an aromatic ring is 1. The lowest BCUT2D eigenvalue weighted by Gasteiger charge is -2.26. The van der Waals surface area contributed by atoms with Crippen molar-refractivity contribution >= 4 is 17.6 Å². The molecule has 0 spiro atoms. The van der Waals surface area contributed by atoms with E-state index in [1.165, 1.54) is 6.20 Å². The lowest BCUT2D eigenvalue weighted by atomic mass is 10.1. The first-order valence-corrected chi connectivity index (χ1v) is 9.66. The van der Waals surface area contributed by atoms with E-state index in [0.717, 1.165) is 5.56 Å². The molecular weight excluding hydrogens is 398 g/mol. The third kappa shape index (κ3) is 4.72. The number of primary amides is 1. The molecule has 1 atom stereocenters. The molecule has 0 aliphatic carbocycles. The molecule has 2 aromatic carbocycles. The summed E-state index contributed by atoms with van der Waals surface area (Å²) in [5.41, 5.74) is 12.7. The minimum absolute atomic E-state index is 0.0130. The van der Waals surface area contributed by atoms with Gasteiger partial charge in [-0.1, -0.05) is 24.3 Å². The summed E-state index contributed by atoms with van der Waals surface area (Å²) in [4.78, 5) is 32.1. The van der Waals surface area contributed by atoms with Crippen LogP contribution in [0.4, 0.5) is 5.82 Å². The van der Waals surface area contributed by atoms with E-state index in [1.807, 2.05) is 30.3 Å². The largest absolute Gasteiger partial charge is 0.486 e. The number of ether oxygens (including phenoxy) is 2. The van der Waals surface area contributed by atoms with Gasteiger partial charge in [-0.25, -0.2) is 9.97 Å². The van der Waals surface area contributed by atoms with Crippen molar-refractivity contribution in [3.05, 3.63) is 77.2 Å². The number of carbonyl (C=O) groups is 2. The number of carbonyl (C=O) groups excluding carboxylic acids is 2. The first-order valence-electron chi connectivity index (χ1n) is 9.66. The minimum atomic E-state index is -0.739. The predicted molar refractivity (Wildman–Crippen MR) is 113 cm³/mol. The van der Waals surface area contributed by atoms with Crippen LogP contribution in [0.2, 0.25) is 0 Å². The molecule has 0 radical (unpaired) electrons. The molecule has 2 amide bonds. The number of aromatic nitrogens is 2. The van der Waals surface area contributed by atoms with Gasteiger partial charge in [-0.2, -0.15) is 0 Å². The summed E-state index contributed by atoms with van der Waals surface area (Å²) < 4.78 is 11.5. The molecule has 2 heterocycles. The number of fused-ring (bicyclic) bond motifs is 1. The van der Waals surface area contributed by atoms with Crippen molar-refractivity contribution in [2.24, 2.45) is 5.73 Å². The summed E-state index contributed by atoms with van der Waals surface area (Å²) in [5, 5.41) is 2.87. The second-order valence-electron chi connectivity index (χ2n) is 7.04. The summed E-state index contributed by atoms with van der Waals surface area (Å²) in [5.74, 6) is 0.376. The molecule has 158 valence electrons. The Hall–Kier alpha value is -4.14. The molecule has 5 N–H and O–H groups in total. The average molecular weight is 419 g/mol. The van der Waals surface area contributed by atoms with Crippen molar-refractivity contribution < 1.29 is 19.1 Å². The van der Waals surface area contributed by atoms with Crippen molar-refractivity contribution in [3.63, 3.8) is 0 Å². The van der Waals surface area contributed by atoms with Crippen LogP contribution in [0, 0.1) is 0 Å². The molecule has 1 aliphatic rings. The van der Waals surface area contributed by atoms with Crippen LogP contribution >= 0.6 is 0 Å². The summed E-state index contributed by atoms with van der Waals surface area (Å²) in [6.45, 7) is 0.665. The Balaban J connectivity index is 1.38. The molecular formula is C22H21N5O4. The number of anilines is 1. The standard InChI is InChI=1S/C22H21N5O4/c23-20-19(21(24)28)27-15(10-25-20)9-13-4-3-5-14(8-13)22(29)26-11-16-12-30-17-6-1-2-7-18(17)31-16/h1-8,10,16H,9,11-12H2,(H2,23,25)(H2,24,28)(H,26,29). The van der Waals surface area contributed by atoms with Crippen LogP contribution in [0.25, 0.3) is 0 Å². The van der Waals surface area contributed by atoms with E-state index in [0.29, 0.717) is 42.3 Å². The van der Waals surface area contributed by atoms with Gasteiger partial charge >= 0.3 is 0 Å². The van der Waals surface area contributed by atoms with Gasteiger partial charge < -0.3 is 26.3 Å². The summed E-state index contributed by atoms with van der Waals surface area (Å²) >= 11 is 0. The fourth-order valence-electron chi connectivity index (χ4n) is 3.21. The van der Waals surface area contributed by atoms with E-state index in [-0.39, 0.29) is 23.5 Å². The zero-order chi connectivity index (χ0) is 21.8. The molecule has 9 nitrogen and oxygen atoms in total. The fourth-order valence-corrected chi connectivity index (χ4v) is 3.21. The average Bonchev–Trinajstić information content (AvgIpc) is 2.78. The molecule has 1 aromatic heterocycles. The first kappa shape index (κ1) is 20.1. The monoisotopic (exact) mass is 419 g/mol. The van der Waals surface area contributed by atoms with Gasteiger partial charge in [0.1, 0.15) is 12.7 Å². The summed E-state index contributed by atoms with van der Waals surface area (Å²) in [6.07, 6.45) is 1.57. The maximum Gasteiger partial charge on any atom is 0.271 e. The smallest absolute Gasteiger partial charge is 0.271 e. The number of nitrogens with two attached hydrogens (primary N) is 2. The molecule has 9 heteroatoms. The molecule has 3 aromatic rings. The molecule has 4 rings (SSSR count). The second kappa shape index (κ2) is 8.70. The maximum atomic E-state index is 12.6. The van der Waals surface area contributed by atoms with Crippen molar-refractivity contribution in [1.82, 2.24) is 15.3 Å². The minimum Gasteiger partial charge on any atom is -0.486 e.